The van der Waals surface area contributed by atoms with E-state index in [1.54, 1.807) is 7.11 Å². The summed E-state index contributed by atoms with van der Waals surface area (Å²) >= 11 is 0. The summed E-state index contributed by atoms with van der Waals surface area (Å²) < 4.78 is 7.09. The fourth-order valence-electron chi connectivity index (χ4n) is 1.40. The van der Waals surface area contributed by atoms with Crippen LogP contribution in [0, 0.1) is 0 Å². The number of ether oxygens (including phenoxy) is 1. The number of hydrogen-bond acceptors (Lipinski definition) is 3. The molecule has 1 aromatic heterocycles. The van der Waals surface area contributed by atoms with E-state index in [1.165, 1.54) is 5.69 Å². The number of nitrogens with zero attached hydrogens (tertiary/aromatic N) is 2. The number of aromatic nitrogens is 2. The fourth-order valence-corrected chi connectivity index (χ4v) is 1.40. The molecule has 4 heteroatoms. The van der Waals surface area contributed by atoms with Crippen LogP contribution in [0.4, 0.5) is 0 Å². The Morgan fingerprint density at radius 2 is 2.33 bits per heavy atom. The molecule has 1 N–H and O–H groups in total. The Morgan fingerprint density at radius 1 is 1.60 bits per heavy atom. The second-order valence-electron chi connectivity index (χ2n) is 3.78. The Balaban J connectivity index is 2.40. The number of methoxy groups -OCH3 is 1. The molecule has 0 aliphatic carbocycles. The average Bonchev–Trinajstić information content (AvgIpc) is 2.59. The highest BCUT2D eigenvalue weighted by molar-refractivity contribution is 5.09. The van der Waals surface area contributed by atoms with Crippen LogP contribution in [0.5, 0.6) is 0 Å². The number of nitrogens with one attached hydrogen (secondary N) is 1. The monoisotopic (exact) mass is 211 g/mol. The van der Waals surface area contributed by atoms with Gasteiger partial charge in [0, 0.05) is 27.2 Å². The van der Waals surface area contributed by atoms with Crippen molar-refractivity contribution in [1.82, 2.24) is 15.1 Å². The van der Waals surface area contributed by atoms with Crippen LogP contribution in [-0.4, -0.2) is 29.5 Å². The van der Waals surface area contributed by atoms with Crippen molar-refractivity contribution in [3.63, 3.8) is 0 Å². The minimum absolute atomic E-state index is 0.254. The topological polar surface area (TPSA) is 39.1 Å². The first-order valence-electron chi connectivity index (χ1n) is 5.42. The molecule has 0 spiro atoms. The average molecular weight is 211 g/mol. The quantitative estimate of drug-likeness (QED) is 0.766. The van der Waals surface area contributed by atoms with Crippen LogP contribution in [0.15, 0.2) is 6.07 Å². The molecule has 15 heavy (non-hydrogen) atoms. The molecular formula is C11H21N3O. The molecule has 1 aromatic rings. The highest BCUT2D eigenvalue weighted by Gasteiger charge is 2.04. The van der Waals surface area contributed by atoms with Crippen LogP contribution in [0.2, 0.25) is 0 Å². The second-order valence-corrected chi connectivity index (χ2v) is 3.78. The summed E-state index contributed by atoms with van der Waals surface area (Å²) in [5, 5.41) is 7.74. The zero-order chi connectivity index (χ0) is 11.3. The van der Waals surface area contributed by atoms with Crippen LogP contribution >= 0.6 is 0 Å². The summed E-state index contributed by atoms with van der Waals surface area (Å²) in [5.41, 5.74) is 2.37. The first-order chi connectivity index (χ1) is 7.17. The van der Waals surface area contributed by atoms with Crippen molar-refractivity contribution in [1.29, 1.82) is 0 Å². The standard InChI is InChI=1S/C11H21N3O/c1-5-10-6-11(14(3)13-10)8-12-7-9(2)15-4/h6,9,12H,5,7-8H2,1-4H3. The molecule has 1 heterocycles. The molecule has 1 unspecified atom stereocenters. The van der Waals surface area contributed by atoms with Crippen molar-refractivity contribution in [3.05, 3.63) is 17.5 Å². The van der Waals surface area contributed by atoms with E-state index >= 15 is 0 Å². The molecule has 0 aliphatic heterocycles. The Labute approximate surface area is 91.6 Å². The Bertz CT molecular complexity index is 296. The van der Waals surface area contributed by atoms with E-state index in [9.17, 15) is 0 Å². The third-order valence-electron chi connectivity index (χ3n) is 2.53. The van der Waals surface area contributed by atoms with Gasteiger partial charge >= 0.3 is 0 Å². The second kappa shape index (κ2) is 5.88. The molecule has 0 amide bonds. The van der Waals surface area contributed by atoms with Crippen molar-refractivity contribution >= 4 is 0 Å². The van der Waals surface area contributed by atoms with Crippen LogP contribution in [0.1, 0.15) is 25.2 Å². The van der Waals surface area contributed by atoms with Gasteiger partial charge in [-0.15, -0.1) is 0 Å². The maximum absolute atomic E-state index is 5.16. The van der Waals surface area contributed by atoms with E-state index in [4.69, 9.17) is 4.74 Å². The predicted octanol–water partition coefficient (Wildman–Crippen LogP) is 1.11. The van der Waals surface area contributed by atoms with Gasteiger partial charge in [0.1, 0.15) is 0 Å². The van der Waals surface area contributed by atoms with Gasteiger partial charge in [0.05, 0.1) is 17.5 Å². The van der Waals surface area contributed by atoms with E-state index in [2.05, 4.69) is 23.4 Å². The highest BCUT2D eigenvalue weighted by Crippen LogP contribution is 2.03. The minimum atomic E-state index is 0.254. The third-order valence-corrected chi connectivity index (χ3v) is 2.53. The molecule has 0 aromatic carbocycles. The molecule has 1 atom stereocenters. The predicted molar refractivity (Wildman–Crippen MR) is 60.8 cm³/mol. The lowest BCUT2D eigenvalue weighted by atomic mass is 10.3. The van der Waals surface area contributed by atoms with Gasteiger partial charge in [0.2, 0.25) is 0 Å². The largest absolute Gasteiger partial charge is 0.380 e. The van der Waals surface area contributed by atoms with Crippen LogP contribution < -0.4 is 5.32 Å². The van der Waals surface area contributed by atoms with Crippen molar-refractivity contribution in [3.8, 4) is 0 Å². The lowest BCUT2D eigenvalue weighted by Crippen LogP contribution is -2.26. The van der Waals surface area contributed by atoms with Crippen molar-refractivity contribution < 1.29 is 4.74 Å². The zero-order valence-electron chi connectivity index (χ0n) is 10.1. The van der Waals surface area contributed by atoms with Gasteiger partial charge in [0.25, 0.3) is 0 Å². The summed E-state index contributed by atoms with van der Waals surface area (Å²) in [4.78, 5) is 0. The lowest BCUT2D eigenvalue weighted by molar-refractivity contribution is 0.117. The van der Waals surface area contributed by atoms with Gasteiger partial charge in [-0.25, -0.2) is 0 Å². The van der Waals surface area contributed by atoms with E-state index in [1.807, 2.05) is 18.7 Å². The molecule has 4 nitrogen and oxygen atoms in total. The highest BCUT2D eigenvalue weighted by atomic mass is 16.5. The number of rotatable bonds is 6. The van der Waals surface area contributed by atoms with Crippen molar-refractivity contribution in [2.75, 3.05) is 13.7 Å². The van der Waals surface area contributed by atoms with E-state index in [0.717, 1.165) is 25.2 Å². The smallest absolute Gasteiger partial charge is 0.0667 e. The zero-order valence-corrected chi connectivity index (χ0v) is 10.1. The van der Waals surface area contributed by atoms with Gasteiger partial charge < -0.3 is 10.1 Å². The van der Waals surface area contributed by atoms with E-state index in [0.29, 0.717) is 0 Å². The van der Waals surface area contributed by atoms with E-state index in [-0.39, 0.29) is 6.10 Å². The van der Waals surface area contributed by atoms with Crippen molar-refractivity contribution in [2.24, 2.45) is 7.05 Å². The molecule has 0 aliphatic rings. The lowest BCUT2D eigenvalue weighted by Gasteiger charge is -2.10. The molecule has 0 bridgehead atoms. The summed E-state index contributed by atoms with van der Waals surface area (Å²) in [6, 6.07) is 2.14. The van der Waals surface area contributed by atoms with E-state index < -0.39 is 0 Å². The first-order valence-corrected chi connectivity index (χ1v) is 5.42. The Hall–Kier alpha value is -0.870. The van der Waals surface area contributed by atoms with Gasteiger partial charge in [-0.05, 0) is 19.4 Å². The number of hydrogen-bond donors (Lipinski definition) is 1. The van der Waals surface area contributed by atoms with Gasteiger partial charge in [-0.1, -0.05) is 6.92 Å². The van der Waals surface area contributed by atoms with Gasteiger partial charge in [-0.2, -0.15) is 5.10 Å². The maximum Gasteiger partial charge on any atom is 0.0667 e. The molecule has 0 radical (unpaired) electrons. The molecule has 0 saturated carbocycles. The normalized spacial score (nSPS) is 13.1. The van der Waals surface area contributed by atoms with Crippen molar-refractivity contribution in [2.45, 2.75) is 32.9 Å². The maximum atomic E-state index is 5.16. The SMILES string of the molecule is CCc1cc(CNCC(C)OC)n(C)n1. The summed E-state index contributed by atoms with van der Waals surface area (Å²) in [6.45, 7) is 5.88. The fraction of sp³-hybridized carbons (Fsp3) is 0.727. The van der Waals surface area contributed by atoms with Crippen LogP contribution in [0.3, 0.4) is 0 Å². The van der Waals surface area contributed by atoms with Crippen LogP contribution in [0.25, 0.3) is 0 Å². The third kappa shape index (κ3) is 3.64. The summed E-state index contributed by atoms with van der Waals surface area (Å²) in [6.07, 6.45) is 1.24. The molecule has 1 rings (SSSR count). The molecule has 0 fully saturated rings. The molecule has 0 saturated heterocycles. The molecule has 86 valence electrons. The van der Waals surface area contributed by atoms with Crippen LogP contribution in [-0.2, 0) is 24.8 Å². The Kier molecular flexibility index (Phi) is 4.78. The van der Waals surface area contributed by atoms with Gasteiger partial charge in [0.15, 0.2) is 0 Å². The summed E-state index contributed by atoms with van der Waals surface area (Å²) in [7, 11) is 3.71. The summed E-state index contributed by atoms with van der Waals surface area (Å²) in [5.74, 6) is 0. The first kappa shape index (κ1) is 12.2. The molecular weight excluding hydrogens is 190 g/mol. The number of aryl methyl sites for hydroxylation is 2. The Morgan fingerprint density at radius 3 is 2.87 bits per heavy atom. The van der Waals surface area contributed by atoms with Gasteiger partial charge in [-0.3, -0.25) is 4.68 Å². The minimum Gasteiger partial charge on any atom is -0.380 e.